The van der Waals surface area contributed by atoms with Crippen LogP contribution in [0.15, 0.2) is 18.6 Å². The number of aromatic nitrogens is 5. The van der Waals surface area contributed by atoms with Crippen LogP contribution >= 0.6 is 0 Å². The lowest BCUT2D eigenvalue weighted by Gasteiger charge is -2.46. The van der Waals surface area contributed by atoms with Crippen molar-refractivity contribution in [1.82, 2.24) is 30.3 Å². The molecule has 8 nitrogen and oxygen atoms in total. The van der Waals surface area contributed by atoms with E-state index in [-0.39, 0.29) is 17.2 Å². The lowest BCUT2D eigenvalue weighted by molar-refractivity contribution is 0.120. The molecular weight excluding hydrogens is 354 g/mol. The van der Waals surface area contributed by atoms with Gasteiger partial charge in [-0.2, -0.15) is 0 Å². The summed E-state index contributed by atoms with van der Waals surface area (Å²) in [5.41, 5.74) is 1.82. The van der Waals surface area contributed by atoms with Crippen LogP contribution in [0.3, 0.4) is 0 Å². The van der Waals surface area contributed by atoms with Crippen LogP contribution < -0.4 is 10.6 Å². The van der Waals surface area contributed by atoms with E-state index in [2.05, 4.69) is 58.6 Å². The minimum absolute atomic E-state index is 0.0675. The van der Waals surface area contributed by atoms with Crippen molar-refractivity contribution in [3.8, 4) is 11.3 Å². The van der Waals surface area contributed by atoms with E-state index in [4.69, 9.17) is 4.74 Å². The summed E-state index contributed by atoms with van der Waals surface area (Å²) in [5.74, 6) is 0.619. The highest BCUT2D eigenvalue weighted by Crippen LogP contribution is 2.35. The van der Waals surface area contributed by atoms with Crippen molar-refractivity contribution in [3.63, 3.8) is 0 Å². The maximum absolute atomic E-state index is 5.61. The summed E-state index contributed by atoms with van der Waals surface area (Å²) in [7, 11) is 0. The van der Waals surface area contributed by atoms with Crippen LogP contribution in [-0.4, -0.2) is 55.3 Å². The number of ether oxygens (including phenoxy) is 1. The molecule has 0 bridgehead atoms. The molecule has 28 heavy (non-hydrogen) atoms. The van der Waals surface area contributed by atoms with Gasteiger partial charge in [0.05, 0.1) is 18.3 Å². The summed E-state index contributed by atoms with van der Waals surface area (Å²) in [5, 5.41) is 15.7. The van der Waals surface area contributed by atoms with Crippen molar-refractivity contribution >= 4 is 5.95 Å². The molecule has 0 saturated carbocycles. The average molecular weight is 386 g/mol. The van der Waals surface area contributed by atoms with Crippen LogP contribution in [0.1, 0.15) is 59.4 Å². The maximum Gasteiger partial charge on any atom is 0.222 e. The Hall–Kier alpha value is -2.06. The number of hydrogen-bond donors (Lipinski definition) is 2. The third-order valence-corrected chi connectivity index (χ3v) is 5.51. The molecule has 2 aromatic heterocycles. The Kier molecular flexibility index (Phi) is 5.09. The van der Waals surface area contributed by atoms with E-state index < -0.39 is 0 Å². The predicted octanol–water partition coefficient (Wildman–Crippen LogP) is 2.81. The minimum Gasteiger partial charge on any atom is -0.376 e. The van der Waals surface area contributed by atoms with E-state index in [0.717, 1.165) is 50.1 Å². The van der Waals surface area contributed by atoms with Crippen molar-refractivity contribution in [2.45, 2.75) is 76.6 Å². The molecule has 8 heteroatoms. The van der Waals surface area contributed by atoms with Crippen LogP contribution in [0.2, 0.25) is 0 Å². The zero-order valence-electron chi connectivity index (χ0n) is 17.3. The van der Waals surface area contributed by atoms with Gasteiger partial charge in [0.2, 0.25) is 5.95 Å². The smallest absolute Gasteiger partial charge is 0.222 e. The Labute approximate surface area is 166 Å². The van der Waals surface area contributed by atoms with Gasteiger partial charge in [-0.1, -0.05) is 5.21 Å². The first-order valence-electron chi connectivity index (χ1n) is 10.2. The molecule has 4 rings (SSSR count). The van der Waals surface area contributed by atoms with Crippen LogP contribution in [0, 0.1) is 0 Å². The Morgan fingerprint density at radius 1 is 1.18 bits per heavy atom. The molecule has 0 aromatic carbocycles. The van der Waals surface area contributed by atoms with Gasteiger partial charge in [-0.25, -0.2) is 14.6 Å². The minimum atomic E-state index is 0.0675. The van der Waals surface area contributed by atoms with Gasteiger partial charge in [0.1, 0.15) is 5.69 Å². The second-order valence-corrected chi connectivity index (χ2v) is 9.35. The highest BCUT2D eigenvalue weighted by atomic mass is 16.5. The number of nitrogens with zero attached hydrogens (tertiary/aromatic N) is 5. The molecule has 2 aromatic rings. The van der Waals surface area contributed by atoms with Crippen molar-refractivity contribution in [2.24, 2.45) is 0 Å². The fraction of sp³-hybridized carbons (Fsp3) is 0.700. The van der Waals surface area contributed by atoms with Gasteiger partial charge in [-0.15, -0.1) is 5.10 Å². The van der Waals surface area contributed by atoms with Crippen molar-refractivity contribution < 1.29 is 4.74 Å². The van der Waals surface area contributed by atoms with E-state index in [1.807, 2.05) is 10.9 Å². The molecular formula is C20H31N7O. The lowest BCUT2D eigenvalue weighted by atomic mass is 9.80. The van der Waals surface area contributed by atoms with Crippen LogP contribution in [0.25, 0.3) is 11.3 Å². The van der Waals surface area contributed by atoms with E-state index in [1.165, 1.54) is 0 Å². The zero-order chi connectivity index (χ0) is 19.8. The first-order valence-corrected chi connectivity index (χ1v) is 10.2. The third-order valence-electron chi connectivity index (χ3n) is 5.51. The first kappa shape index (κ1) is 19.3. The van der Waals surface area contributed by atoms with Gasteiger partial charge in [-0.3, -0.25) is 0 Å². The molecule has 0 aliphatic carbocycles. The van der Waals surface area contributed by atoms with Gasteiger partial charge >= 0.3 is 0 Å². The molecule has 2 aliphatic heterocycles. The molecule has 0 radical (unpaired) electrons. The van der Waals surface area contributed by atoms with Gasteiger partial charge in [0.25, 0.3) is 0 Å². The number of hydrogen-bond acceptors (Lipinski definition) is 7. The maximum atomic E-state index is 5.61. The molecule has 4 heterocycles. The Morgan fingerprint density at radius 2 is 1.89 bits per heavy atom. The predicted molar refractivity (Wildman–Crippen MR) is 108 cm³/mol. The number of piperidine rings is 1. The largest absolute Gasteiger partial charge is 0.376 e. The summed E-state index contributed by atoms with van der Waals surface area (Å²) < 4.78 is 7.62. The second kappa shape index (κ2) is 7.40. The first-order chi connectivity index (χ1) is 13.3. The van der Waals surface area contributed by atoms with Crippen molar-refractivity contribution in [2.75, 3.05) is 18.5 Å². The lowest BCUT2D eigenvalue weighted by Crippen LogP contribution is -2.58. The fourth-order valence-corrected chi connectivity index (χ4v) is 4.60. The third kappa shape index (κ3) is 4.50. The number of rotatable bonds is 5. The molecule has 0 spiro atoms. The average Bonchev–Trinajstić information content (AvgIpc) is 3.30. The highest BCUT2D eigenvalue weighted by Gasteiger charge is 2.38. The second-order valence-electron chi connectivity index (χ2n) is 9.35. The fourth-order valence-electron chi connectivity index (χ4n) is 4.60. The Bertz CT molecular complexity index is 777. The van der Waals surface area contributed by atoms with Crippen LogP contribution in [-0.2, 0) is 4.74 Å². The molecule has 1 atom stereocenters. The molecule has 0 unspecified atom stereocenters. The van der Waals surface area contributed by atoms with Gasteiger partial charge in [0, 0.05) is 42.2 Å². The van der Waals surface area contributed by atoms with E-state index in [0.29, 0.717) is 12.0 Å². The molecule has 2 aliphatic rings. The number of anilines is 1. The summed E-state index contributed by atoms with van der Waals surface area (Å²) in [4.78, 5) is 8.84. The van der Waals surface area contributed by atoms with E-state index >= 15 is 0 Å². The number of nitrogens with one attached hydrogen (secondary N) is 2. The Morgan fingerprint density at radius 3 is 2.54 bits per heavy atom. The molecule has 0 amide bonds. The topological polar surface area (TPSA) is 89.8 Å². The summed E-state index contributed by atoms with van der Waals surface area (Å²) >= 11 is 0. The van der Waals surface area contributed by atoms with Gasteiger partial charge < -0.3 is 15.4 Å². The normalized spacial score (nSPS) is 24.4. The molecule has 2 fully saturated rings. The summed E-state index contributed by atoms with van der Waals surface area (Å²) in [6, 6.07) is 0.320. The summed E-state index contributed by atoms with van der Waals surface area (Å²) in [6.45, 7) is 10.6. The van der Waals surface area contributed by atoms with Crippen LogP contribution in [0.4, 0.5) is 5.95 Å². The van der Waals surface area contributed by atoms with Gasteiger partial charge in [0.15, 0.2) is 0 Å². The SMILES string of the molecule is CC1(C)CC(n2cc(-c3cnc(NC[C@@H]4CCCO4)nc3)nn2)CC(C)(C)N1. The summed E-state index contributed by atoms with van der Waals surface area (Å²) in [6.07, 6.45) is 10.1. The standard InChI is InChI=1S/C20H31N7O/c1-19(2)8-15(9-20(3,4)25-19)27-13-17(24-26-27)14-10-21-18(22-11-14)23-12-16-6-5-7-28-16/h10-11,13,15-16,25H,5-9,12H2,1-4H3,(H,21,22,23)/t16-/m0/s1. The van der Waals surface area contributed by atoms with Crippen LogP contribution in [0.5, 0.6) is 0 Å². The quantitative estimate of drug-likeness (QED) is 0.818. The monoisotopic (exact) mass is 385 g/mol. The van der Waals surface area contributed by atoms with E-state index in [9.17, 15) is 0 Å². The Balaban J connectivity index is 1.42. The van der Waals surface area contributed by atoms with Crippen molar-refractivity contribution in [3.05, 3.63) is 18.6 Å². The van der Waals surface area contributed by atoms with Gasteiger partial charge in [-0.05, 0) is 53.4 Å². The zero-order valence-corrected chi connectivity index (χ0v) is 17.3. The molecule has 2 N–H and O–H groups in total. The molecule has 2 saturated heterocycles. The molecule has 152 valence electrons. The van der Waals surface area contributed by atoms with E-state index in [1.54, 1.807) is 12.4 Å². The van der Waals surface area contributed by atoms with Crippen molar-refractivity contribution in [1.29, 1.82) is 0 Å². The highest BCUT2D eigenvalue weighted by molar-refractivity contribution is 5.55.